The average Bonchev–Trinajstić information content (AvgIpc) is 2.27. The highest BCUT2D eigenvalue weighted by Crippen LogP contribution is 2.60. The Hall–Kier alpha value is -1.34. The molecular weight excluding hydrogens is 276 g/mol. The lowest BCUT2D eigenvalue weighted by Gasteiger charge is -2.69. The summed E-state index contributed by atoms with van der Waals surface area (Å²) < 4.78 is 11.0. The first-order chi connectivity index (χ1) is 9.94. The maximum Gasteiger partial charge on any atom is 0.405 e. The fourth-order valence-corrected chi connectivity index (χ4v) is 3.83. The van der Waals surface area contributed by atoms with Crippen LogP contribution in [-0.2, 0) is 14.3 Å². The Labute approximate surface area is 123 Å². The first-order valence-electron chi connectivity index (χ1n) is 7.50. The monoisotopic (exact) mass is 298 g/mol. The number of rotatable bonds is 7. The van der Waals surface area contributed by atoms with Gasteiger partial charge in [0.25, 0.3) is 0 Å². The first-order valence-corrected chi connectivity index (χ1v) is 7.50. The van der Waals surface area contributed by atoms with Crippen molar-refractivity contribution in [3.05, 3.63) is 0 Å². The second-order valence-corrected chi connectivity index (χ2v) is 6.55. The predicted molar refractivity (Wildman–Crippen MR) is 73.0 cm³/mol. The van der Waals surface area contributed by atoms with Crippen LogP contribution in [0.25, 0.3) is 0 Å². The van der Waals surface area contributed by atoms with Crippen LogP contribution in [0.15, 0.2) is 0 Å². The maximum atomic E-state index is 11.9. The minimum atomic E-state index is -0.994. The Balaban J connectivity index is 1.30. The van der Waals surface area contributed by atoms with Crippen molar-refractivity contribution in [2.75, 3.05) is 13.2 Å². The highest BCUT2D eigenvalue weighted by atomic mass is 16.5. The van der Waals surface area contributed by atoms with Crippen molar-refractivity contribution in [3.63, 3.8) is 0 Å². The van der Waals surface area contributed by atoms with E-state index in [9.17, 15) is 9.59 Å². The van der Waals surface area contributed by atoms with Crippen LogP contribution in [-0.4, -0.2) is 53.6 Å². The Morgan fingerprint density at radius 2 is 1.67 bits per heavy atom. The Kier molecular flexibility index (Phi) is 3.57. The highest BCUT2D eigenvalue weighted by Gasteiger charge is 2.69. The molecule has 0 aliphatic heterocycles. The summed E-state index contributed by atoms with van der Waals surface area (Å²) in [4.78, 5) is 22.5. The van der Waals surface area contributed by atoms with Gasteiger partial charge < -0.3 is 25.2 Å². The van der Waals surface area contributed by atoms with Gasteiger partial charge in [-0.3, -0.25) is 4.79 Å². The molecule has 118 valence electrons. The third kappa shape index (κ3) is 2.85. The van der Waals surface area contributed by atoms with E-state index in [0.717, 1.165) is 12.8 Å². The van der Waals surface area contributed by atoms with E-state index in [2.05, 4.69) is 10.6 Å². The molecule has 0 aromatic heterocycles. The van der Waals surface area contributed by atoms with Crippen LogP contribution in [0.5, 0.6) is 0 Å². The second-order valence-electron chi connectivity index (χ2n) is 6.55. The number of nitrogens with one attached hydrogen (secondary N) is 2. The lowest BCUT2D eigenvalue weighted by Crippen LogP contribution is -2.83. The summed E-state index contributed by atoms with van der Waals surface area (Å²) in [7, 11) is 0. The molecule has 0 unspecified atom stereocenters. The summed E-state index contributed by atoms with van der Waals surface area (Å²) in [5.41, 5.74) is -0.491. The molecule has 4 rings (SSSR count). The van der Waals surface area contributed by atoms with E-state index in [-0.39, 0.29) is 35.8 Å². The molecule has 21 heavy (non-hydrogen) atoms. The lowest BCUT2D eigenvalue weighted by atomic mass is 9.44. The molecule has 3 N–H and O–H groups in total. The Morgan fingerprint density at radius 3 is 2.24 bits per heavy atom. The van der Waals surface area contributed by atoms with Gasteiger partial charge in [-0.25, -0.2) is 4.79 Å². The van der Waals surface area contributed by atoms with Gasteiger partial charge in [0.05, 0.1) is 17.7 Å². The van der Waals surface area contributed by atoms with Crippen LogP contribution in [0.2, 0.25) is 0 Å². The molecule has 4 aliphatic rings. The third-order valence-electron chi connectivity index (χ3n) is 4.71. The fraction of sp³-hybridized carbons (Fsp3) is 0.857. The van der Waals surface area contributed by atoms with Crippen molar-refractivity contribution in [2.24, 2.45) is 0 Å². The molecule has 0 aromatic carbocycles. The largest absolute Gasteiger partial charge is 0.465 e. The van der Waals surface area contributed by atoms with E-state index in [1.165, 1.54) is 0 Å². The molecule has 2 amide bonds. The highest BCUT2D eigenvalue weighted by molar-refractivity contribution is 5.79. The molecular formula is C14H22N2O5. The van der Waals surface area contributed by atoms with Gasteiger partial charge in [-0.1, -0.05) is 0 Å². The number of carbonyl (C=O) groups is 2. The van der Waals surface area contributed by atoms with Crippen LogP contribution >= 0.6 is 0 Å². The van der Waals surface area contributed by atoms with Gasteiger partial charge in [0, 0.05) is 12.1 Å². The maximum absolute atomic E-state index is 11.9. The van der Waals surface area contributed by atoms with Gasteiger partial charge in [-0.15, -0.1) is 0 Å². The molecule has 0 saturated heterocycles. The van der Waals surface area contributed by atoms with Gasteiger partial charge in [-0.05, 0) is 39.0 Å². The summed E-state index contributed by atoms with van der Waals surface area (Å²) in [5, 5.41) is 14.2. The standard InChI is InChI=1S/C14H22N2O5/c1-2-20-9-3-10(4-9)21-5-11(17)15-13-6-14(7-13,8-13)16-12(18)19/h9-10,16H,2-8H2,1H3,(H,15,17)(H,18,19). The molecule has 0 heterocycles. The quantitative estimate of drug-likeness (QED) is 0.640. The molecule has 0 atom stereocenters. The molecule has 4 fully saturated rings. The topological polar surface area (TPSA) is 96.9 Å². The van der Waals surface area contributed by atoms with E-state index in [1.807, 2.05) is 6.92 Å². The van der Waals surface area contributed by atoms with E-state index < -0.39 is 6.09 Å². The molecule has 0 radical (unpaired) electrons. The molecule has 7 nitrogen and oxygen atoms in total. The van der Waals surface area contributed by atoms with Crippen molar-refractivity contribution in [1.82, 2.24) is 10.6 Å². The number of ether oxygens (including phenoxy) is 2. The van der Waals surface area contributed by atoms with Gasteiger partial charge in [0.15, 0.2) is 0 Å². The number of hydrogen-bond acceptors (Lipinski definition) is 4. The summed E-state index contributed by atoms with van der Waals surface area (Å²) in [6.45, 7) is 2.76. The van der Waals surface area contributed by atoms with Gasteiger partial charge in [0.2, 0.25) is 5.91 Å². The Morgan fingerprint density at radius 1 is 1.10 bits per heavy atom. The molecule has 0 aromatic rings. The molecule has 2 bridgehead atoms. The molecule has 7 heteroatoms. The zero-order chi connectivity index (χ0) is 15.1. The number of carbonyl (C=O) groups excluding carboxylic acids is 1. The van der Waals surface area contributed by atoms with Gasteiger partial charge in [0.1, 0.15) is 6.61 Å². The number of hydrogen-bond donors (Lipinski definition) is 3. The second kappa shape index (κ2) is 5.14. The van der Waals surface area contributed by atoms with Crippen LogP contribution in [0.1, 0.15) is 39.0 Å². The summed E-state index contributed by atoms with van der Waals surface area (Å²) in [6.07, 6.45) is 3.20. The van der Waals surface area contributed by atoms with Crippen LogP contribution in [0.4, 0.5) is 4.79 Å². The normalized spacial score (nSPS) is 39.5. The van der Waals surface area contributed by atoms with Crippen molar-refractivity contribution in [1.29, 1.82) is 0 Å². The zero-order valence-corrected chi connectivity index (χ0v) is 12.2. The van der Waals surface area contributed by atoms with E-state index in [4.69, 9.17) is 14.6 Å². The summed E-state index contributed by atoms with van der Waals surface area (Å²) in [6, 6.07) is 0. The zero-order valence-electron chi connectivity index (χ0n) is 12.2. The average molecular weight is 298 g/mol. The minimum Gasteiger partial charge on any atom is -0.465 e. The van der Waals surface area contributed by atoms with Gasteiger partial charge >= 0.3 is 6.09 Å². The Bertz CT molecular complexity index is 427. The van der Waals surface area contributed by atoms with Crippen molar-refractivity contribution in [3.8, 4) is 0 Å². The van der Waals surface area contributed by atoms with E-state index >= 15 is 0 Å². The molecule has 0 spiro atoms. The van der Waals surface area contributed by atoms with E-state index in [1.54, 1.807) is 0 Å². The molecule has 4 aliphatic carbocycles. The van der Waals surface area contributed by atoms with Crippen molar-refractivity contribution >= 4 is 12.0 Å². The smallest absolute Gasteiger partial charge is 0.405 e. The van der Waals surface area contributed by atoms with E-state index in [0.29, 0.717) is 25.9 Å². The fourth-order valence-electron chi connectivity index (χ4n) is 3.83. The predicted octanol–water partition coefficient (Wildman–Crippen LogP) is 0.629. The number of amides is 2. The first kappa shape index (κ1) is 14.6. The van der Waals surface area contributed by atoms with Crippen LogP contribution in [0.3, 0.4) is 0 Å². The van der Waals surface area contributed by atoms with Gasteiger partial charge in [-0.2, -0.15) is 0 Å². The lowest BCUT2D eigenvalue weighted by molar-refractivity contribution is -0.151. The minimum absolute atomic E-state index is 0.0740. The summed E-state index contributed by atoms with van der Waals surface area (Å²) >= 11 is 0. The SMILES string of the molecule is CCOC1CC(OCC(=O)NC23CC(NC(=O)O)(C2)C3)C1. The van der Waals surface area contributed by atoms with Crippen LogP contribution in [0, 0.1) is 0 Å². The van der Waals surface area contributed by atoms with Crippen molar-refractivity contribution < 1.29 is 24.2 Å². The van der Waals surface area contributed by atoms with Crippen LogP contribution < -0.4 is 10.6 Å². The summed E-state index contributed by atoms with van der Waals surface area (Å²) in [5.74, 6) is -0.113. The molecule has 4 saturated carbocycles. The number of carboxylic acid groups (broad SMARTS) is 1. The third-order valence-corrected chi connectivity index (χ3v) is 4.71. The van der Waals surface area contributed by atoms with Crippen molar-refractivity contribution in [2.45, 2.75) is 62.3 Å².